The van der Waals surface area contributed by atoms with Gasteiger partial charge in [-0.3, -0.25) is 4.79 Å². The summed E-state index contributed by atoms with van der Waals surface area (Å²) in [6, 6.07) is 10.6. The standard InChI is InChI=1S/C21H22N4O4S/c1-4-28-18-10-14(7-8-17(18)29-13(2)3)12-22-25-20(26)16-11-15(23-21(27)24-16)19-6-5-9-30-19/h5-13H,4H2,1-3H3,(H,25,26)(H,23,24,27)/b22-12+. The van der Waals surface area contributed by atoms with Gasteiger partial charge in [-0.2, -0.15) is 10.1 Å². The maximum Gasteiger partial charge on any atom is 0.346 e. The zero-order chi connectivity index (χ0) is 21.5. The molecule has 0 aliphatic heterocycles. The van der Waals surface area contributed by atoms with Gasteiger partial charge in [0.2, 0.25) is 0 Å². The summed E-state index contributed by atoms with van der Waals surface area (Å²) < 4.78 is 11.3. The van der Waals surface area contributed by atoms with Crippen molar-refractivity contribution in [2.75, 3.05) is 6.61 Å². The van der Waals surface area contributed by atoms with Crippen LogP contribution in [0.2, 0.25) is 0 Å². The maximum atomic E-state index is 12.4. The summed E-state index contributed by atoms with van der Waals surface area (Å²) in [5.74, 6) is 0.653. The third kappa shape index (κ3) is 5.54. The molecule has 8 nitrogen and oxygen atoms in total. The number of nitrogens with zero attached hydrogens (tertiary/aromatic N) is 2. The van der Waals surface area contributed by atoms with Gasteiger partial charge in [-0.1, -0.05) is 6.07 Å². The van der Waals surface area contributed by atoms with Crippen molar-refractivity contribution in [2.24, 2.45) is 5.10 Å². The molecule has 1 amide bonds. The third-order valence-electron chi connectivity index (χ3n) is 3.77. The van der Waals surface area contributed by atoms with E-state index in [-0.39, 0.29) is 11.8 Å². The number of ether oxygens (including phenoxy) is 2. The van der Waals surface area contributed by atoms with Crippen LogP contribution in [0.5, 0.6) is 11.5 Å². The molecule has 1 aromatic carbocycles. The number of nitrogens with one attached hydrogen (secondary N) is 2. The van der Waals surface area contributed by atoms with E-state index < -0.39 is 11.6 Å². The summed E-state index contributed by atoms with van der Waals surface area (Å²) >= 11 is 1.45. The van der Waals surface area contributed by atoms with Crippen molar-refractivity contribution in [3.63, 3.8) is 0 Å². The molecule has 30 heavy (non-hydrogen) atoms. The number of amides is 1. The van der Waals surface area contributed by atoms with Gasteiger partial charge >= 0.3 is 5.69 Å². The highest BCUT2D eigenvalue weighted by atomic mass is 32.1. The first-order chi connectivity index (χ1) is 14.5. The van der Waals surface area contributed by atoms with Gasteiger partial charge in [0.25, 0.3) is 5.91 Å². The first-order valence-corrected chi connectivity index (χ1v) is 10.3. The van der Waals surface area contributed by atoms with E-state index in [4.69, 9.17) is 9.47 Å². The van der Waals surface area contributed by atoms with E-state index in [1.54, 1.807) is 18.2 Å². The van der Waals surface area contributed by atoms with Gasteiger partial charge < -0.3 is 14.5 Å². The molecule has 0 aliphatic rings. The smallest absolute Gasteiger partial charge is 0.346 e. The Balaban J connectivity index is 1.73. The predicted octanol–water partition coefficient (Wildman–Crippen LogP) is 3.45. The van der Waals surface area contributed by atoms with Crippen LogP contribution in [0.15, 0.2) is 51.7 Å². The van der Waals surface area contributed by atoms with Crippen LogP contribution in [0.25, 0.3) is 10.6 Å². The Labute approximate surface area is 177 Å². The fraction of sp³-hybridized carbons (Fsp3) is 0.238. The molecule has 0 atom stereocenters. The van der Waals surface area contributed by atoms with Crippen molar-refractivity contribution in [1.29, 1.82) is 0 Å². The quantitative estimate of drug-likeness (QED) is 0.424. The van der Waals surface area contributed by atoms with Crippen molar-refractivity contribution >= 4 is 23.5 Å². The summed E-state index contributed by atoms with van der Waals surface area (Å²) in [5, 5.41) is 5.84. The minimum Gasteiger partial charge on any atom is -0.490 e. The second-order valence-corrected chi connectivity index (χ2v) is 7.42. The Morgan fingerprint density at radius 1 is 1.30 bits per heavy atom. The van der Waals surface area contributed by atoms with Crippen LogP contribution in [0, 0.1) is 0 Å². The molecule has 9 heteroatoms. The minimum atomic E-state index is -0.600. The van der Waals surface area contributed by atoms with Crippen molar-refractivity contribution < 1.29 is 14.3 Å². The molecule has 0 saturated heterocycles. The third-order valence-corrected chi connectivity index (χ3v) is 4.68. The molecule has 2 heterocycles. The fourth-order valence-electron chi connectivity index (χ4n) is 2.59. The van der Waals surface area contributed by atoms with Gasteiger partial charge in [0.05, 0.1) is 29.5 Å². The largest absolute Gasteiger partial charge is 0.490 e. The lowest BCUT2D eigenvalue weighted by Gasteiger charge is -2.14. The van der Waals surface area contributed by atoms with E-state index >= 15 is 0 Å². The summed E-state index contributed by atoms with van der Waals surface area (Å²) in [6.07, 6.45) is 1.50. The Morgan fingerprint density at radius 2 is 2.13 bits per heavy atom. The lowest BCUT2D eigenvalue weighted by Crippen LogP contribution is -2.24. The minimum absolute atomic E-state index is 0.0172. The number of aromatic nitrogens is 2. The van der Waals surface area contributed by atoms with Crippen molar-refractivity contribution in [3.05, 3.63) is 63.5 Å². The van der Waals surface area contributed by atoms with E-state index in [1.807, 2.05) is 38.3 Å². The number of carbonyl (C=O) groups is 1. The fourth-order valence-corrected chi connectivity index (χ4v) is 3.28. The lowest BCUT2D eigenvalue weighted by atomic mass is 10.2. The maximum absolute atomic E-state index is 12.4. The predicted molar refractivity (Wildman–Crippen MR) is 117 cm³/mol. The van der Waals surface area contributed by atoms with Gasteiger partial charge in [0.15, 0.2) is 11.5 Å². The molecular weight excluding hydrogens is 404 g/mol. The second kappa shape index (κ2) is 9.84. The molecule has 0 fully saturated rings. The van der Waals surface area contributed by atoms with E-state index in [0.29, 0.717) is 29.4 Å². The highest BCUT2D eigenvalue weighted by Gasteiger charge is 2.11. The van der Waals surface area contributed by atoms with Crippen LogP contribution in [0.3, 0.4) is 0 Å². The van der Waals surface area contributed by atoms with Gasteiger partial charge in [0, 0.05) is 0 Å². The molecule has 0 aliphatic carbocycles. The number of benzene rings is 1. The Kier molecular flexibility index (Phi) is 6.97. The number of carbonyl (C=O) groups excluding carboxylic acids is 1. The number of aromatic amines is 1. The average Bonchev–Trinajstić information content (AvgIpc) is 3.24. The average molecular weight is 426 g/mol. The summed E-state index contributed by atoms with van der Waals surface area (Å²) in [5.41, 5.74) is 3.02. The molecule has 2 aromatic heterocycles. The van der Waals surface area contributed by atoms with E-state index in [0.717, 1.165) is 4.88 Å². The zero-order valence-electron chi connectivity index (χ0n) is 16.8. The van der Waals surface area contributed by atoms with Gasteiger partial charge in [-0.05, 0) is 62.0 Å². The highest BCUT2D eigenvalue weighted by Crippen LogP contribution is 2.29. The Morgan fingerprint density at radius 3 is 2.83 bits per heavy atom. The SMILES string of the molecule is CCOc1cc(/C=N/NC(=O)c2cc(-c3cccs3)[nH]c(=O)n2)ccc1OC(C)C. The number of H-pyrrole nitrogens is 1. The van der Waals surface area contributed by atoms with Crippen LogP contribution < -0.4 is 20.6 Å². The second-order valence-electron chi connectivity index (χ2n) is 6.47. The Hall–Kier alpha value is -3.46. The van der Waals surface area contributed by atoms with Gasteiger partial charge in [-0.15, -0.1) is 11.3 Å². The monoisotopic (exact) mass is 426 g/mol. The van der Waals surface area contributed by atoms with Crippen molar-refractivity contribution in [2.45, 2.75) is 26.9 Å². The van der Waals surface area contributed by atoms with Crippen molar-refractivity contribution in [1.82, 2.24) is 15.4 Å². The first-order valence-electron chi connectivity index (χ1n) is 9.38. The van der Waals surface area contributed by atoms with Crippen LogP contribution in [0.4, 0.5) is 0 Å². The molecule has 156 valence electrons. The van der Waals surface area contributed by atoms with E-state index in [1.165, 1.54) is 23.6 Å². The number of hydrogen-bond acceptors (Lipinski definition) is 7. The Bertz CT molecular complexity index is 1090. The molecule has 2 N–H and O–H groups in total. The highest BCUT2D eigenvalue weighted by molar-refractivity contribution is 7.13. The van der Waals surface area contributed by atoms with Crippen LogP contribution in [0.1, 0.15) is 36.8 Å². The summed E-state index contributed by atoms with van der Waals surface area (Å²) in [4.78, 5) is 31.4. The number of thiophene rings is 1. The molecule has 0 saturated carbocycles. The molecule has 0 bridgehead atoms. The molecule has 3 aromatic rings. The number of rotatable bonds is 8. The normalized spacial score (nSPS) is 11.1. The number of hydrogen-bond donors (Lipinski definition) is 2. The molecule has 3 rings (SSSR count). The summed E-state index contributed by atoms with van der Waals surface area (Å²) in [6.45, 7) is 6.26. The van der Waals surface area contributed by atoms with Crippen LogP contribution >= 0.6 is 11.3 Å². The number of hydrazone groups is 1. The lowest BCUT2D eigenvalue weighted by molar-refractivity contribution is 0.0949. The topological polar surface area (TPSA) is 106 Å². The van der Waals surface area contributed by atoms with E-state index in [2.05, 4.69) is 20.5 Å². The molecule has 0 unspecified atom stereocenters. The van der Waals surface area contributed by atoms with Gasteiger partial charge in [0.1, 0.15) is 5.69 Å². The molecule has 0 radical (unpaired) electrons. The molecule has 0 spiro atoms. The van der Waals surface area contributed by atoms with Crippen molar-refractivity contribution in [3.8, 4) is 22.1 Å². The first kappa shape index (κ1) is 21.3. The molecular formula is C21H22N4O4S. The van der Waals surface area contributed by atoms with Crippen LogP contribution in [-0.2, 0) is 0 Å². The van der Waals surface area contributed by atoms with Gasteiger partial charge in [-0.25, -0.2) is 10.2 Å². The summed E-state index contributed by atoms with van der Waals surface area (Å²) in [7, 11) is 0. The van der Waals surface area contributed by atoms with Crippen LogP contribution in [-0.4, -0.2) is 34.8 Å². The van der Waals surface area contributed by atoms with E-state index in [9.17, 15) is 9.59 Å². The zero-order valence-corrected chi connectivity index (χ0v) is 17.7.